The second kappa shape index (κ2) is 13.9. The van der Waals surface area contributed by atoms with E-state index in [1.165, 1.54) is 6.92 Å². The van der Waals surface area contributed by atoms with Gasteiger partial charge >= 0.3 is 0 Å². The van der Waals surface area contributed by atoms with Gasteiger partial charge in [-0.1, -0.05) is 27.7 Å². The zero-order valence-electron chi connectivity index (χ0n) is 17.7. The fourth-order valence-corrected chi connectivity index (χ4v) is 3.72. The van der Waals surface area contributed by atoms with Gasteiger partial charge in [0.15, 0.2) is 5.78 Å². The quantitative estimate of drug-likeness (QED) is 0.425. The third-order valence-electron chi connectivity index (χ3n) is 4.48. The lowest BCUT2D eigenvalue weighted by molar-refractivity contribution is -0.132. The predicted molar refractivity (Wildman–Crippen MR) is 112 cm³/mol. The Kier molecular flexibility index (Phi) is 13.3. The van der Waals surface area contributed by atoms with Gasteiger partial charge in [-0.25, -0.2) is 0 Å². The summed E-state index contributed by atoms with van der Waals surface area (Å²) in [6.45, 7) is 9.44. The predicted octanol–water partition coefficient (Wildman–Crippen LogP) is 3.69. The molecule has 0 aliphatic rings. The molecule has 1 N–H and O–H groups in total. The summed E-state index contributed by atoms with van der Waals surface area (Å²) in [5.41, 5.74) is 0. The molecule has 156 valence electrons. The number of thioether (sulfide) groups is 1. The van der Waals surface area contributed by atoms with E-state index in [0.29, 0.717) is 19.3 Å². The van der Waals surface area contributed by atoms with Crippen molar-refractivity contribution in [1.82, 2.24) is 5.32 Å². The molecular weight excluding hydrogens is 362 g/mol. The lowest BCUT2D eigenvalue weighted by atomic mass is 9.83. The van der Waals surface area contributed by atoms with Gasteiger partial charge in [-0.2, -0.15) is 11.8 Å². The number of carbonyl (C=O) groups excluding carboxylic acids is 4. The van der Waals surface area contributed by atoms with E-state index >= 15 is 0 Å². The molecule has 0 spiro atoms. The summed E-state index contributed by atoms with van der Waals surface area (Å²) in [7, 11) is 0. The molecule has 0 saturated heterocycles. The third-order valence-corrected chi connectivity index (χ3v) is 5.12. The van der Waals surface area contributed by atoms with Crippen LogP contribution >= 0.6 is 11.8 Å². The Morgan fingerprint density at radius 1 is 0.963 bits per heavy atom. The van der Waals surface area contributed by atoms with Crippen LogP contribution in [0.5, 0.6) is 0 Å². The van der Waals surface area contributed by atoms with E-state index in [2.05, 4.69) is 5.32 Å². The maximum Gasteiger partial charge on any atom is 0.217 e. The van der Waals surface area contributed by atoms with Crippen LogP contribution < -0.4 is 5.32 Å². The molecule has 0 aromatic carbocycles. The van der Waals surface area contributed by atoms with E-state index in [1.807, 2.05) is 34.0 Å². The third kappa shape index (κ3) is 12.0. The topological polar surface area (TPSA) is 80.3 Å². The number of rotatable bonds is 15. The molecule has 0 unspecified atom stereocenters. The van der Waals surface area contributed by atoms with Crippen molar-refractivity contribution in [2.45, 2.75) is 72.8 Å². The van der Waals surface area contributed by atoms with Crippen molar-refractivity contribution in [3.8, 4) is 0 Å². The van der Waals surface area contributed by atoms with Crippen LogP contribution in [0.25, 0.3) is 0 Å². The maximum absolute atomic E-state index is 12.8. The molecule has 0 aromatic heterocycles. The number of aldehydes is 1. The fraction of sp³-hybridized carbons (Fsp3) is 0.810. The van der Waals surface area contributed by atoms with Gasteiger partial charge in [-0.3, -0.25) is 14.4 Å². The van der Waals surface area contributed by atoms with Crippen molar-refractivity contribution in [3.63, 3.8) is 0 Å². The van der Waals surface area contributed by atoms with Crippen LogP contribution in [0, 0.1) is 23.7 Å². The fourth-order valence-electron chi connectivity index (χ4n) is 3.18. The minimum atomic E-state index is -0.552. The summed E-state index contributed by atoms with van der Waals surface area (Å²) >= 11 is 1.65. The largest absolute Gasteiger partial charge is 0.347 e. The zero-order chi connectivity index (χ0) is 21.0. The summed E-state index contributed by atoms with van der Waals surface area (Å²) in [5, 5.41) is 2.73. The highest BCUT2D eigenvalue weighted by atomic mass is 32.2. The van der Waals surface area contributed by atoms with Crippen molar-refractivity contribution in [2.24, 2.45) is 23.7 Å². The van der Waals surface area contributed by atoms with Crippen molar-refractivity contribution >= 4 is 35.5 Å². The molecule has 0 rings (SSSR count). The smallest absolute Gasteiger partial charge is 0.217 e. The Morgan fingerprint density at radius 3 is 2.00 bits per heavy atom. The number of hydrogen-bond acceptors (Lipinski definition) is 5. The number of carbonyl (C=O) groups is 4. The van der Waals surface area contributed by atoms with Crippen LogP contribution in [0.3, 0.4) is 0 Å². The lowest BCUT2D eigenvalue weighted by Gasteiger charge is -2.23. The van der Waals surface area contributed by atoms with Crippen molar-refractivity contribution in [3.05, 3.63) is 0 Å². The highest BCUT2D eigenvalue weighted by Crippen LogP contribution is 2.23. The normalized spacial score (nSPS) is 14.7. The van der Waals surface area contributed by atoms with E-state index in [4.69, 9.17) is 0 Å². The van der Waals surface area contributed by atoms with Gasteiger partial charge in [-0.05, 0) is 43.1 Å². The highest BCUT2D eigenvalue weighted by molar-refractivity contribution is 7.98. The molecule has 0 heterocycles. The molecule has 5 nitrogen and oxygen atoms in total. The second-order valence-corrected chi connectivity index (χ2v) is 9.21. The average molecular weight is 400 g/mol. The molecule has 0 radical (unpaired) electrons. The van der Waals surface area contributed by atoms with Crippen LogP contribution in [-0.2, 0) is 19.2 Å². The van der Waals surface area contributed by atoms with Gasteiger partial charge in [0.2, 0.25) is 5.91 Å². The molecule has 0 fully saturated rings. The molecule has 27 heavy (non-hydrogen) atoms. The first-order valence-corrected chi connectivity index (χ1v) is 11.3. The molecule has 0 bridgehead atoms. The van der Waals surface area contributed by atoms with Crippen molar-refractivity contribution in [1.29, 1.82) is 0 Å². The summed E-state index contributed by atoms with van der Waals surface area (Å²) < 4.78 is 0. The number of amides is 1. The molecule has 6 heteroatoms. The van der Waals surface area contributed by atoms with Crippen LogP contribution in [0.2, 0.25) is 0 Å². The second-order valence-electron chi connectivity index (χ2n) is 8.23. The van der Waals surface area contributed by atoms with Gasteiger partial charge in [-0.15, -0.1) is 0 Å². The van der Waals surface area contributed by atoms with Crippen molar-refractivity contribution < 1.29 is 19.2 Å². The molecular formula is C21H37NO4S. The lowest BCUT2D eigenvalue weighted by Crippen LogP contribution is -2.42. The number of hydrogen-bond donors (Lipinski definition) is 1. The molecule has 3 atom stereocenters. The van der Waals surface area contributed by atoms with Crippen LogP contribution in [0.1, 0.15) is 66.7 Å². The van der Waals surface area contributed by atoms with Gasteiger partial charge in [0.1, 0.15) is 12.1 Å². The SMILES string of the molecule is CSCC[C@@H](C=O)CC(=O)[C@@H](CC(=O)[C@H](CC(C)C)NC(C)=O)CC(C)C. The monoisotopic (exact) mass is 399 g/mol. The van der Waals surface area contributed by atoms with E-state index < -0.39 is 12.0 Å². The summed E-state index contributed by atoms with van der Waals surface area (Å²) in [6.07, 6.45) is 5.02. The highest BCUT2D eigenvalue weighted by Gasteiger charge is 2.29. The van der Waals surface area contributed by atoms with Gasteiger partial charge < -0.3 is 10.1 Å². The van der Waals surface area contributed by atoms with Crippen LogP contribution in [0.15, 0.2) is 0 Å². The Balaban J connectivity index is 5.14. The Labute approximate surface area is 168 Å². The Morgan fingerprint density at radius 2 is 1.56 bits per heavy atom. The first-order chi connectivity index (χ1) is 12.6. The Bertz CT molecular complexity index is 491. The number of ketones is 2. The summed E-state index contributed by atoms with van der Waals surface area (Å²) in [4.78, 5) is 48.3. The molecule has 0 saturated carbocycles. The van der Waals surface area contributed by atoms with Gasteiger partial charge in [0.25, 0.3) is 0 Å². The standard InChI is InChI=1S/C21H37NO4S/c1-14(2)9-18(20(25)11-17(13-23)7-8-27-6)12-21(26)19(10-15(3)4)22-16(5)24/h13-15,17-19H,7-12H2,1-6H3,(H,22,24)/t17-,18-,19+/m1/s1. The summed E-state index contributed by atoms with van der Waals surface area (Å²) in [6, 6.07) is -0.552. The molecule has 1 amide bonds. The zero-order valence-corrected chi connectivity index (χ0v) is 18.6. The molecule has 0 aliphatic carbocycles. The van der Waals surface area contributed by atoms with E-state index in [0.717, 1.165) is 12.0 Å². The maximum atomic E-state index is 12.8. The van der Waals surface area contributed by atoms with Gasteiger partial charge in [0, 0.05) is 31.6 Å². The summed E-state index contributed by atoms with van der Waals surface area (Å²) in [5.74, 6) is 0.357. The average Bonchev–Trinajstić information content (AvgIpc) is 2.55. The van der Waals surface area contributed by atoms with Crippen LogP contribution in [-0.4, -0.2) is 41.8 Å². The Hall–Kier alpha value is -1.17. The van der Waals surface area contributed by atoms with Gasteiger partial charge in [0.05, 0.1) is 6.04 Å². The first-order valence-electron chi connectivity index (χ1n) is 9.87. The van der Waals surface area contributed by atoms with E-state index in [1.54, 1.807) is 11.8 Å². The van der Waals surface area contributed by atoms with E-state index in [-0.39, 0.29) is 48.1 Å². The van der Waals surface area contributed by atoms with Crippen LogP contribution in [0.4, 0.5) is 0 Å². The number of Topliss-reactive ketones (excluding diaryl/α,β-unsaturated/α-hetero) is 2. The minimum absolute atomic E-state index is 0.0126. The molecule has 0 aliphatic heterocycles. The minimum Gasteiger partial charge on any atom is -0.347 e. The number of nitrogens with one attached hydrogen (secondary N) is 1. The van der Waals surface area contributed by atoms with Crippen molar-refractivity contribution in [2.75, 3.05) is 12.0 Å². The molecule has 0 aromatic rings. The first kappa shape index (κ1) is 25.8. The van der Waals surface area contributed by atoms with E-state index in [9.17, 15) is 19.2 Å².